The summed E-state index contributed by atoms with van der Waals surface area (Å²) in [5.74, 6) is -0.00786. The van der Waals surface area contributed by atoms with Crippen molar-refractivity contribution >= 4 is 5.91 Å². The van der Waals surface area contributed by atoms with Crippen molar-refractivity contribution in [2.75, 3.05) is 13.2 Å². The van der Waals surface area contributed by atoms with Crippen LogP contribution >= 0.6 is 0 Å². The molecule has 1 rings (SSSR count). The first-order chi connectivity index (χ1) is 8.03. The van der Waals surface area contributed by atoms with Gasteiger partial charge in [-0.05, 0) is 11.8 Å². The maximum absolute atomic E-state index is 11.6. The Morgan fingerprint density at radius 1 is 1.53 bits per heavy atom. The zero-order valence-electron chi connectivity index (χ0n) is 10.4. The second-order valence-corrected chi connectivity index (χ2v) is 4.82. The van der Waals surface area contributed by atoms with Gasteiger partial charge in [0.05, 0.1) is 6.54 Å². The largest absolute Gasteiger partial charge is 0.396 e. The third-order valence-electron chi connectivity index (χ3n) is 2.59. The van der Waals surface area contributed by atoms with E-state index in [0.717, 1.165) is 0 Å². The number of hydrogen-bond acceptors (Lipinski definition) is 4. The van der Waals surface area contributed by atoms with Crippen LogP contribution in [0.25, 0.3) is 0 Å². The highest BCUT2D eigenvalue weighted by Crippen LogP contribution is 2.17. The van der Waals surface area contributed by atoms with Crippen LogP contribution in [0.3, 0.4) is 0 Å². The molecule has 6 nitrogen and oxygen atoms in total. The number of aliphatic hydroxyl groups is 1. The molecule has 2 N–H and O–H groups in total. The highest BCUT2D eigenvalue weighted by Gasteiger charge is 2.17. The molecule has 0 aliphatic rings. The Hall–Kier alpha value is -1.43. The van der Waals surface area contributed by atoms with Gasteiger partial charge in [0.25, 0.3) is 0 Å². The normalized spacial score (nSPS) is 11.5. The summed E-state index contributed by atoms with van der Waals surface area (Å²) >= 11 is 0. The molecular weight excluding hydrogens is 220 g/mol. The third-order valence-corrected chi connectivity index (χ3v) is 2.59. The molecule has 96 valence electrons. The average molecular weight is 240 g/mol. The number of aromatic nitrogens is 3. The molecule has 0 bridgehead atoms. The lowest BCUT2D eigenvalue weighted by Crippen LogP contribution is -2.34. The molecule has 0 atom stereocenters. The number of aryl methyl sites for hydroxylation is 1. The second-order valence-electron chi connectivity index (χ2n) is 4.82. The van der Waals surface area contributed by atoms with Gasteiger partial charge in [0.15, 0.2) is 0 Å². The van der Waals surface area contributed by atoms with E-state index in [9.17, 15) is 4.79 Å². The summed E-state index contributed by atoms with van der Waals surface area (Å²) in [6.07, 6.45) is 4.10. The van der Waals surface area contributed by atoms with Crippen molar-refractivity contribution in [3.05, 3.63) is 12.7 Å². The quantitative estimate of drug-likeness (QED) is 0.713. The number of hydrogen-bond donors (Lipinski definition) is 2. The van der Waals surface area contributed by atoms with E-state index >= 15 is 0 Å². The lowest BCUT2D eigenvalue weighted by Gasteiger charge is -2.23. The van der Waals surface area contributed by atoms with E-state index < -0.39 is 0 Å². The molecule has 0 aliphatic heterocycles. The molecule has 0 aliphatic carbocycles. The first-order valence-corrected chi connectivity index (χ1v) is 5.73. The Labute approximate surface area is 101 Å². The molecule has 0 spiro atoms. The summed E-state index contributed by atoms with van der Waals surface area (Å²) in [6.45, 7) is 5.28. The molecule has 1 aromatic rings. The van der Waals surface area contributed by atoms with Gasteiger partial charge in [0.2, 0.25) is 5.91 Å². The van der Waals surface area contributed by atoms with Gasteiger partial charge in [-0.15, -0.1) is 0 Å². The second kappa shape index (κ2) is 6.34. The van der Waals surface area contributed by atoms with Crippen molar-refractivity contribution in [1.29, 1.82) is 0 Å². The first kappa shape index (κ1) is 13.6. The van der Waals surface area contributed by atoms with E-state index in [2.05, 4.69) is 15.4 Å². The zero-order valence-corrected chi connectivity index (χ0v) is 10.4. The average Bonchev–Trinajstić information content (AvgIpc) is 2.76. The number of aliphatic hydroxyl groups excluding tert-OH is 1. The molecule has 0 fully saturated rings. The number of carbonyl (C=O) groups is 1. The third kappa shape index (κ3) is 5.44. The predicted molar refractivity (Wildman–Crippen MR) is 63.1 cm³/mol. The number of amides is 1. The van der Waals surface area contributed by atoms with Crippen molar-refractivity contribution in [1.82, 2.24) is 20.1 Å². The SMILES string of the molecule is CC(C)(CCO)CNC(=O)CCn1cncn1. The van der Waals surface area contributed by atoms with Crippen LogP contribution in [0.5, 0.6) is 0 Å². The number of rotatable bonds is 7. The summed E-state index contributed by atoms with van der Waals surface area (Å²) in [6, 6.07) is 0. The Balaban J connectivity index is 2.21. The number of nitrogens with one attached hydrogen (secondary N) is 1. The van der Waals surface area contributed by atoms with Gasteiger partial charge in [-0.25, -0.2) is 4.98 Å². The molecular formula is C11H20N4O2. The van der Waals surface area contributed by atoms with E-state index in [0.29, 0.717) is 25.9 Å². The maximum atomic E-state index is 11.6. The van der Waals surface area contributed by atoms with Crippen LogP contribution in [0.4, 0.5) is 0 Å². The zero-order chi connectivity index (χ0) is 12.7. The smallest absolute Gasteiger partial charge is 0.221 e. The fourth-order valence-corrected chi connectivity index (χ4v) is 1.38. The van der Waals surface area contributed by atoms with Gasteiger partial charge in [0.1, 0.15) is 12.7 Å². The van der Waals surface area contributed by atoms with Crippen molar-refractivity contribution in [3.63, 3.8) is 0 Å². The fourth-order valence-electron chi connectivity index (χ4n) is 1.38. The van der Waals surface area contributed by atoms with E-state index in [1.54, 1.807) is 11.0 Å². The lowest BCUT2D eigenvalue weighted by molar-refractivity contribution is -0.121. The Bertz CT molecular complexity index is 335. The lowest BCUT2D eigenvalue weighted by atomic mass is 9.90. The van der Waals surface area contributed by atoms with Crippen LogP contribution in [0, 0.1) is 5.41 Å². The van der Waals surface area contributed by atoms with E-state index in [1.807, 2.05) is 13.8 Å². The summed E-state index contributed by atoms with van der Waals surface area (Å²) in [4.78, 5) is 15.4. The number of carbonyl (C=O) groups excluding carboxylic acids is 1. The molecule has 1 amide bonds. The summed E-state index contributed by atoms with van der Waals surface area (Å²) in [7, 11) is 0. The van der Waals surface area contributed by atoms with Gasteiger partial charge in [-0.2, -0.15) is 5.10 Å². The monoisotopic (exact) mass is 240 g/mol. The first-order valence-electron chi connectivity index (χ1n) is 5.73. The molecule has 6 heteroatoms. The summed E-state index contributed by atoms with van der Waals surface area (Å²) in [5, 5.41) is 15.6. The van der Waals surface area contributed by atoms with E-state index in [4.69, 9.17) is 5.11 Å². The minimum atomic E-state index is -0.0718. The highest BCUT2D eigenvalue weighted by atomic mass is 16.3. The van der Waals surface area contributed by atoms with Crippen LogP contribution in [-0.4, -0.2) is 38.9 Å². The molecule has 0 aromatic carbocycles. The van der Waals surface area contributed by atoms with E-state index in [1.165, 1.54) is 6.33 Å². The predicted octanol–water partition coefficient (Wildman–Crippen LogP) is 0.193. The van der Waals surface area contributed by atoms with Gasteiger partial charge in [0, 0.05) is 19.6 Å². The standard InChI is InChI=1S/C11H20N4O2/c1-11(2,4-6-16)7-13-10(17)3-5-15-9-12-8-14-15/h8-9,16H,3-7H2,1-2H3,(H,13,17). The summed E-state index contributed by atoms with van der Waals surface area (Å²) < 4.78 is 1.62. The van der Waals surface area contributed by atoms with Gasteiger partial charge in [-0.1, -0.05) is 13.8 Å². The van der Waals surface area contributed by atoms with Gasteiger partial charge >= 0.3 is 0 Å². The van der Waals surface area contributed by atoms with Crippen LogP contribution in [0.1, 0.15) is 26.7 Å². The topological polar surface area (TPSA) is 80.0 Å². The van der Waals surface area contributed by atoms with Crippen molar-refractivity contribution in [2.24, 2.45) is 5.41 Å². The molecule has 0 radical (unpaired) electrons. The van der Waals surface area contributed by atoms with Crippen LogP contribution < -0.4 is 5.32 Å². The van der Waals surface area contributed by atoms with Crippen molar-refractivity contribution < 1.29 is 9.90 Å². The molecule has 1 aromatic heterocycles. The Morgan fingerprint density at radius 3 is 2.88 bits per heavy atom. The van der Waals surface area contributed by atoms with Gasteiger partial charge < -0.3 is 10.4 Å². The van der Waals surface area contributed by atoms with Crippen molar-refractivity contribution in [2.45, 2.75) is 33.2 Å². The maximum Gasteiger partial charge on any atom is 0.221 e. The van der Waals surface area contributed by atoms with Crippen LogP contribution in [-0.2, 0) is 11.3 Å². The molecule has 0 unspecified atom stereocenters. The van der Waals surface area contributed by atoms with Crippen LogP contribution in [0.2, 0.25) is 0 Å². The molecule has 17 heavy (non-hydrogen) atoms. The minimum absolute atomic E-state index is 0.00786. The highest BCUT2D eigenvalue weighted by molar-refractivity contribution is 5.75. The Kier molecular flexibility index (Phi) is 5.09. The fraction of sp³-hybridized carbons (Fsp3) is 0.727. The van der Waals surface area contributed by atoms with Crippen LogP contribution in [0.15, 0.2) is 12.7 Å². The number of nitrogens with zero attached hydrogens (tertiary/aromatic N) is 3. The molecule has 1 heterocycles. The molecule has 0 saturated heterocycles. The van der Waals surface area contributed by atoms with Crippen molar-refractivity contribution in [3.8, 4) is 0 Å². The summed E-state index contributed by atoms with van der Waals surface area (Å²) in [5.41, 5.74) is -0.0718. The Morgan fingerprint density at radius 2 is 2.29 bits per heavy atom. The van der Waals surface area contributed by atoms with E-state index in [-0.39, 0.29) is 17.9 Å². The molecule has 0 saturated carbocycles. The van der Waals surface area contributed by atoms with Gasteiger partial charge in [-0.3, -0.25) is 9.48 Å². The minimum Gasteiger partial charge on any atom is -0.396 e.